The van der Waals surface area contributed by atoms with E-state index in [1.165, 1.54) is 6.08 Å². The molecule has 0 nitrogen and oxygen atoms in total. The van der Waals surface area contributed by atoms with Gasteiger partial charge in [-0.3, -0.25) is 0 Å². The highest BCUT2D eigenvalue weighted by atomic mass is 19.4. The molecule has 0 unspecified atom stereocenters. The number of hydrogen-bond donors (Lipinski definition) is 0. The van der Waals surface area contributed by atoms with Gasteiger partial charge in [-0.2, -0.15) is 13.2 Å². The van der Waals surface area contributed by atoms with Gasteiger partial charge < -0.3 is 0 Å². The van der Waals surface area contributed by atoms with E-state index in [2.05, 4.69) is 0 Å². The standard InChI is InChI=1S/C12H15F3/c1-3-10-7-8-11(12(13,14)15)6-4-5-9(10)2/h5,7-8H,3-4,6H2,1-2H3. The molecule has 1 rings (SSSR count). The molecule has 1 aliphatic rings. The minimum absolute atomic E-state index is 0.0777. The number of hydrogen-bond acceptors (Lipinski definition) is 0. The molecule has 3 heteroatoms. The van der Waals surface area contributed by atoms with Gasteiger partial charge in [0, 0.05) is 5.57 Å². The van der Waals surface area contributed by atoms with Crippen LogP contribution in [0.1, 0.15) is 33.1 Å². The number of allylic oxidation sites excluding steroid dienone is 6. The smallest absolute Gasteiger partial charge is 0.166 e. The van der Waals surface area contributed by atoms with Gasteiger partial charge in [-0.25, -0.2) is 0 Å². The zero-order chi connectivity index (χ0) is 11.5. The summed E-state index contributed by atoms with van der Waals surface area (Å²) in [5.74, 6) is 0. The van der Waals surface area contributed by atoms with Crippen LogP contribution in [-0.4, -0.2) is 6.18 Å². The Labute approximate surface area is 88.2 Å². The van der Waals surface area contributed by atoms with Gasteiger partial charge in [-0.15, -0.1) is 0 Å². The molecule has 0 N–H and O–H groups in total. The van der Waals surface area contributed by atoms with Gasteiger partial charge in [0.1, 0.15) is 0 Å². The number of rotatable bonds is 1. The average Bonchev–Trinajstić information content (AvgIpc) is 2.10. The van der Waals surface area contributed by atoms with E-state index in [1.807, 2.05) is 19.9 Å². The first-order valence-corrected chi connectivity index (χ1v) is 5.09. The van der Waals surface area contributed by atoms with Crippen molar-refractivity contribution >= 4 is 0 Å². The maximum Gasteiger partial charge on any atom is 0.412 e. The summed E-state index contributed by atoms with van der Waals surface area (Å²) in [7, 11) is 0. The Morgan fingerprint density at radius 1 is 1.27 bits per heavy atom. The predicted octanol–water partition coefficient (Wildman–Crippen LogP) is 4.55. The molecule has 0 aromatic carbocycles. The van der Waals surface area contributed by atoms with Crippen LogP contribution in [0, 0.1) is 0 Å². The highest BCUT2D eigenvalue weighted by Gasteiger charge is 2.32. The van der Waals surface area contributed by atoms with E-state index in [-0.39, 0.29) is 6.42 Å². The minimum Gasteiger partial charge on any atom is -0.166 e. The zero-order valence-corrected chi connectivity index (χ0v) is 8.99. The summed E-state index contributed by atoms with van der Waals surface area (Å²) in [5.41, 5.74) is 1.64. The Morgan fingerprint density at radius 2 is 1.93 bits per heavy atom. The fourth-order valence-corrected chi connectivity index (χ4v) is 1.62. The lowest BCUT2D eigenvalue weighted by Gasteiger charge is -2.13. The normalized spacial score (nSPS) is 18.6. The van der Waals surface area contributed by atoms with E-state index in [9.17, 15) is 13.2 Å². The molecular weight excluding hydrogens is 201 g/mol. The van der Waals surface area contributed by atoms with Crippen molar-refractivity contribution in [3.05, 3.63) is 34.9 Å². The SMILES string of the molecule is CCC1=CC=C(C(F)(F)F)CCC=C1C. The van der Waals surface area contributed by atoms with Crippen molar-refractivity contribution in [1.29, 1.82) is 0 Å². The van der Waals surface area contributed by atoms with E-state index in [1.54, 1.807) is 6.08 Å². The molecule has 0 aromatic rings. The summed E-state index contributed by atoms with van der Waals surface area (Å²) >= 11 is 0. The molecule has 0 fully saturated rings. The molecule has 0 saturated carbocycles. The van der Waals surface area contributed by atoms with Crippen molar-refractivity contribution in [3.8, 4) is 0 Å². The molecule has 0 heterocycles. The molecule has 1 aliphatic carbocycles. The highest BCUT2D eigenvalue weighted by Crippen LogP contribution is 2.31. The van der Waals surface area contributed by atoms with Crippen LogP contribution >= 0.6 is 0 Å². The molecule has 84 valence electrons. The Balaban J connectivity index is 3.00. The van der Waals surface area contributed by atoms with Gasteiger partial charge in [0.05, 0.1) is 0 Å². The van der Waals surface area contributed by atoms with Gasteiger partial charge >= 0.3 is 6.18 Å². The van der Waals surface area contributed by atoms with Crippen LogP contribution in [-0.2, 0) is 0 Å². The van der Waals surface area contributed by atoms with Gasteiger partial charge in [0.25, 0.3) is 0 Å². The topological polar surface area (TPSA) is 0 Å². The first-order chi connectivity index (χ1) is 6.95. The molecule has 15 heavy (non-hydrogen) atoms. The maximum absolute atomic E-state index is 12.5. The Bertz CT molecular complexity index is 316. The molecule has 0 aliphatic heterocycles. The summed E-state index contributed by atoms with van der Waals surface area (Å²) in [4.78, 5) is 0. The summed E-state index contributed by atoms with van der Waals surface area (Å²) in [6.45, 7) is 3.90. The monoisotopic (exact) mass is 216 g/mol. The average molecular weight is 216 g/mol. The fraction of sp³-hybridized carbons (Fsp3) is 0.500. The largest absolute Gasteiger partial charge is 0.412 e. The lowest BCUT2D eigenvalue weighted by Crippen LogP contribution is -2.12. The molecule has 0 amide bonds. The van der Waals surface area contributed by atoms with Gasteiger partial charge in [-0.05, 0) is 31.8 Å². The number of halogens is 3. The Kier molecular flexibility index (Phi) is 3.77. The van der Waals surface area contributed by atoms with Gasteiger partial charge in [-0.1, -0.05) is 30.7 Å². The zero-order valence-electron chi connectivity index (χ0n) is 8.99. The summed E-state index contributed by atoms with van der Waals surface area (Å²) in [5, 5.41) is 0. The Hall–Kier alpha value is -0.990. The minimum atomic E-state index is -4.19. The second-order valence-corrected chi connectivity index (χ2v) is 3.66. The molecular formula is C12H15F3. The van der Waals surface area contributed by atoms with Crippen LogP contribution in [0.15, 0.2) is 34.9 Å². The predicted molar refractivity (Wildman–Crippen MR) is 55.5 cm³/mol. The number of alkyl halides is 3. The van der Waals surface area contributed by atoms with E-state index < -0.39 is 11.7 Å². The summed E-state index contributed by atoms with van der Waals surface area (Å²) in [6.07, 6.45) is 1.82. The lowest BCUT2D eigenvalue weighted by molar-refractivity contribution is -0.0938. The van der Waals surface area contributed by atoms with Crippen LogP contribution in [0.4, 0.5) is 13.2 Å². The molecule has 0 aromatic heterocycles. The van der Waals surface area contributed by atoms with E-state index in [4.69, 9.17) is 0 Å². The van der Waals surface area contributed by atoms with Crippen LogP contribution in [0.3, 0.4) is 0 Å². The van der Waals surface area contributed by atoms with Crippen molar-refractivity contribution in [1.82, 2.24) is 0 Å². The van der Waals surface area contributed by atoms with Crippen molar-refractivity contribution in [3.63, 3.8) is 0 Å². The second-order valence-electron chi connectivity index (χ2n) is 3.66. The highest BCUT2D eigenvalue weighted by molar-refractivity contribution is 5.35. The molecule has 0 radical (unpaired) electrons. The molecule has 0 bridgehead atoms. The van der Waals surface area contributed by atoms with Crippen molar-refractivity contribution in [2.45, 2.75) is 39.3 Å². The third-order valence-electron chi connectivity index (χ3n) is 2.60. The van der Waals surface area contributed by atoms with Crippen LogP contribution < -0.4 is 0 Å². The van der Waals surface area contributed by atoms with E-state index in [0.717, 1.165) is 17.6 Å². The first kappa shape index (κ1) is 12.1. The van der Waals surface area contributed by atoms with Gasteiger partial charge in [0.2, 0.25) is 0 Å². The van der Waals surface area contributed by atoms with Crippen molar-refractivity contribution in [2.75, 3.05) is 0 Å². The van der Waals surface area contributed by atoms with Crippen molar-refractivity contribution in [2.24, 2.45) is 0 Å². The quantitative estimate of drug-likeness (QED) is 0.603. The Morgan fingerprint density at radius 3 is 2.47 bits per heavy atom. The summed E-state index contributed by atoms with van der Waals surface area (Å²) in [6, 6.07) is 0. The van der Waals surface area contributed by atoms with Crippen LogP contribution in [0.2, 0.25) is 0 Å². The van der Waals surface area contributed by atoms with Crippen LogP contribution in [0.25, 0.3) is 0 Å². The third-order valence-corrected chi connectivity index (χ3v) is 2.60. The third kappa shape index (κ3) is 3.26. The molecule has 0 spiro atoms. The summed E-state index contributed by atoms with van der Waals surface area (Å²) < 4.78 is 37.4. The van der Waals surface area contributed by atoms with E-state index >= 15 is 0 Å². The molecule has 0 saturated heterocycles. The second kappa shape index (κ2) is 4.69. The lowest BCUT2D eigenvalue weighted by atomic mass is 9.97. The fourth-order valence-electron chi connectivity index (χ4n) is 1.62. The molecule has 0 atom stereocenters. The van der Waals surface area contributed by atoms with E-state index in [0.29, 0.717) is 6.42 Å². The maximum atomic E-state index is 12.5. The van der Waals surface area contributed by atoms with Crippen LogP contribution in [0.5, 0.6) is 0 Å². The van der Waals surface area contributed by atoms with Crippen molar-refractivity contribution < 1.29 is 13.2 Å². The first-order valence-electron chi connectivity index (χ1n) is 5.09. The van der Waals surface area contributed by atoms with Gasteiger partial charge in [0.15, 0.2) is 0 Å².